The van der Waals surface area contributed by atoms with Crippen LogP contribution >= 0.6 is 0 Å². The fourth-order valence-electron chi connectivity index (χ4n) is 3.65. The van der Waals surface area contributed by atoms with Crippen molar-refractivity contribution in [3.63, 3.8) is 0 Å². The second-order valence-electron chi connectivity index (χ2n) is 6.63. The van der Waals surface area contributed by atoms with Crippen LogP contribution in [0.3, 0.4) is 0 Å². The molecule has 23 heavy (non-hydrogen) atoms. The van der Waals surface area contributed by atoms with Crippen molar-refractivity contribution >= 4 is 6.09 Å². The number of amides is 1. The molecule has 5 heteroatoms. The molecule has 2 aliphatic rings. The van der Waals surface area contributed by atoms with E-state index in [1.165, 1.54) is 23.3 Å². The molecule has 0 aliphatic carbocycles. The third-order valence-electron chi connectivity index (χ3n) is 4.77. The van der Waals surface area contributed by atoms with Gasteiger partial charge < -0.3 is 14.4 Å². The molecule has 0 bridgehead atoms. The Kier molecular flexibility index (Phi) is 4.76. The Morgan fingerprint density at radius 3 is 3.00 bits per heavy atom. The Balaban J connectivity index is 1.83. The van der Waals surface area contributed by atoms with Gasteiger partial charge in [-0.15, -0.1) is 0 Å². The summed E-state index contributed by atoms with van der Waals surface area (Å²) in [5, 5.41) is 0. The molecule has 1 fully saturated rings. The van der Waals surface area contributed by atoms with Gasteiger partial charge in [-0.3, -0.25) is 4.90 Å². The first-order valence-electron chi connectivity index (χ1n) is 8.50. The summed E-state index contributed by atoms with van der Waals surface area (Å²) >= 11 is 0. The van der Waals surface area contributed by atoms with E-state index in [4.69, 9.17) is 9.47 Å². The van der Waals surface area contributed by atoms with Gasteiger partial charge in [0.1, 0.15) is 18.1 Å². The molecular weight excluding hydrogens is 292 g/mol. The molecule has 5 nitrogen and oxygen atoms in total. The van der Waals surface area contributed by atoms with Crippen LogP contribution in [0.4, 0.5) is 4.79 Å². The van der Waals surface area contributed by atoms with Crippen molar-refractivity contribution in [2.75, 3.05) is 33.8 Å². The molecule has 0 spiro atoms. The number of likely N-dealkylation sites (tertiary alicyclic amines) is 1. The zero-order valence-corrected chi connectivity index (χ0v) is 14.2. The number of benzene rings is 1. The summed E-state index contributed by atoms with van der Waals surface area (Å²) in [6, 6.07) is 6.18. The molecule has 0 radical (unpaired) electrons. The van der Waals surface area contributed by atoms with E-state index in [-0.39, 0.29) is 6.09 Å². The fraction of sp³-hybridized carbons (Fsp3) is 0.611. The van der Waals surface area contributed by atoms with Crippen molar-refractivity contribution in [1.82, 2.24) is 9.80 Å². The smallest absolute Gasteiger partial charge is 0.414 e. The summed E-state index contributed by atoms with van der Waals surface area (Å²) in [4.78, 5) is 15.7. The number of piperidine rings is 1. The van der Waals surface area contributed by atoms with Gasteiger partial charge >= 0.3 is 6.09 Å². The zero-order chi connectivity index (χ0) is 16.4. The normalized spacial score (nSPS) is 23.4. The highest BCUT2D eigenvalue weighted by Crippen LogP contribution is 2.42. The third-order valence-corrected chi connectivity index (χ3v) is 4.77. The highest BCUT2D eigenvalue weighted by atomic mass is 16.6. The van der Waals surface area contributed by atoms with Crippen LogP contribution < -0.4 is 9.47 Å². The van der Waals surface area contributed by atoms with Crippen molar-refractivity contribution in [2.45, 2.75) is 38.1 Å². The fourth-order valence-corrected chi connectivity index (χ4v) is 3.65. The lowest BCUT2D eigenvalue weighted by Crippen LogP contribution is -2.49. The van der Waals surface area contributed by atoms with Crippen molar-refractivity contribution < 1.29 is 14.3 Å². The highest BCUT2D eigenvalue weighted by Gasteiger charge is 2.37. The number of carbonyl (C=O) groups excluding carboxylic acids is 1. The molecule has 1 aromatic carbocycles. The summed E-state index contributed by atoms with van der Waals surface area (Å²) in [5.74, 6) is 2.01. The average Bonchev–Trinajstić information content (AvgIpc) is 2.55. The number of carbonyl (C=O) groups is 1. The van der Waals surface area contributed by atoms with E-state index in [1.54, 1.807) is 14.1 Å². The molecule has 1 amide bonds. The largest absolute Gasteiger partial charge is 0.492 e. The summed E-state index contributed by atoms with van der Waals surface area (Å²) in [7, 11) is 3.37. The minimum absolute atomic E-state index is 0.352. The SMILES string of the molecule is CCCN1CCC[C@H]2c3cc(OC(=O)N(C)C)ccc3OC[C@@H]21. The van der Waals surface area contributed by atoms with Crippen molar-refractivity contribution in [1.29, 1.82) is 0 Å². The number of fused-ring (bicyclic) bond motifs is 3. The summed E-state index contributed by atoms with van der Waals surface area (Å²) in [6.07, 6.45) is 3.19. The van der Waals surface area contributed by atoms with Gasteiger partial charge in [0.05, 0.1) is 6.04 Å². The highest BCUT2D eigenvalue weighted by molar-refractivity contribution is 5.70. The van der Waals surface area contributed by atoms with Gasteiger partial charge in [0.15, 0.2) is 0 Å². The molecule has 3 rings (SSSR count). The summed E-state index contributed by atoms with van der Waals surface area (Å²) in [5.41, 5.74) is 1.19. The molecule has 126 valence electrons. The van der Waals surface area contributed by atoms with E-state index in [1.807, 2.05) is 18.2 Å². The first-order valence-corrected chi connectivity index (χ1v) is 8.50. The maximum absolute atomic E-state index is 11.8. The molecular formula is C18H26N2O3. The Morgan fingerprint density at radius 2 is 2.26 bits per heavy atom. The van der Waals surface area contributed by atoms with Crippen LogP contribution in [0, 0.1) is 0 Å². The second kappa shape index (κ2) is 6.79. The van der Waals surface area contributed by atoms with E-state index >= 15 is 0 Å². The van der Waals surface area contributed by atoms with Gasteiger partial charge in [-0.25, -0.2) is 4.79 Å². The summed E-state index contributed by atoms with van der Waals surface area (Å²) in [6.45, 7) is 5.26. The van der Waals surface area contributed by atoms with Crippen molar-refractivity contribution in [2.24, 2.45) is 0 Å². The number of ether oxygens (including phenoxy) is 2. The van der Waals surface area contributed by atoms with Crippen LogP contribution in [0.2, 0.25) is 0 Å². The quantitative estimate of drug-likeness (QED) is 0.859. The maximum atomic E-state index is 11.8. The minimum atomic E-state index is -0.352. The maximum Gasteiger partial charge on any atom is 0.414 e. The second-order valence-corrected chi connectivity index (χ2v) is 6.63. The van der Waals surface area contributed by atoms with E-state index < -0.39 is 0 Å². The minimum Gasteiger partial charge on any atom is -0.492 e. The van der Waals surface area contributed by atoms with Crippen LogP contribution in [0.25, 0.3) is 0 Å². The Labute approximate surface area is 138 Å². The topological polar surface area (TPSA) is 42.0 Å². The van der Waals surface area contributed by atoms with Gasteiger partial charge in [0.25, 0.3) is 0 Å². The molecule has 1 aromatic rings. The van der Waals surface area contributed by atoms with E-state index in [2.05, 4.69) is 11.8 Å². The monoisotopic (exact) mass is 318 g/mol. The van der Waals surface area contributed by atoms with Gasteiger partial charge in [0, 0.05) is 25.6 Å². The predicted octanol–water partition coefficient (Wildman–Crippen LogP) is 3.10. The Hall–Kier alpha value is -1.75. The van der Waals surface area contributed by atoms with Gasteiger partial charge in [-0.1, -0.05) is 6.92 Å². The van der Waals surface area contributed by atoms with E-state index in [0.29, 0.717) is 17.7 Å². The van der Waals surface area contributed by atoms with Crippen LogP contribution in [0.15, 0.2) is 18.2 Å². The van der Waals surface area contributed by atoms with Crippen molar-refractivity contribution in [3.05, 3.63) is 23.8 Å². The van der Waals surface area contributed by atoms with Crippen LogP contribution in [0.5, 0.6) is 11.5 Å². The first-order chi connectivity index (χ1) is 11.1. The number of hydrogen-bond donors (Lipinski definition) is 0. The van der Waals surface area contributed by atoms with Gasteiger partial charge in [0.2, 0.25) is 0 Å². The standard InChI is InChI=1S/C18H26N2O3/c1-4-9-20-10-5-6-14-15-11-13(23-18(21)19(2)3)7-8-17(15)22-12-16(14)20/h7-8,11,14,16H,4-6,9-10,12H2,1-3H3/t14-,16-/m0/s1. The molecule has 2 heterocycles. The summed E-state index contributed by atoms with van der Waals surface area (Å²) < 4.78 is 11.4. The molecule has 0 unspecified atom stereocenters. The first kappa shape index (κ1) is 16.1. The van der Waals surface area contributed by atoms with Gasteiger partial charge in [-0.05, 0) is 50.6 Å². The van der Waals surface area contributed by atoms with Crippen LogP contribution in [-0.2, 0) is 0 Å². The molecule has 2 atom stereocenters. The van der Waals surface area contributed by atoms with Gasteiger partial charge in [-0.2, -0.15) is 0 Å². The average molecular weight is 318 g/mol. The molecule has 2 aliphatic heterocycles. The number of hydrogen-bond acceptors (Lipinski definition) is 4. The molecule has 0 aromatic heterocycles. The molecule has 0 N–H and O–H groups in total. The third kappa shape index (κ3) is 3.29. The predicted molar refractivity (Wildman–Crippen MR) is 89.3 cm³/mol. The lowest BCUT2D eigenvalue weighted by molar-refractivity contribution is 0.0658. The van der Waals surface area contributed by atoms with Crippen molar-refractivity contribution in [3.8, 4) is 11.5 Å². The van der Waals surface area contributed by atoms with Crippen LogP contribution in [-0.4, -0.2) is 55.7 Å². The number of nitrogens with zero attached hydrogens (tertiary/aromatic N) is 2. The van der Waals surface area contributed by atoms with Crippen LogP contribution in [0.1, 0.15) is 37.7 Å². The zero-order valence-electron chi connectivity index (χ0n) is 14.2. The molecule has 0 saturated carbocycles. The Bertz CT molecular complexity index is 571. The lowest BCUT2D eigenvalue weighted by atomic mass is 9.81. The molecule has 1 saturated heterocycles. The van der Waals surface area contributed by atoms with E-state index in [0.717, 1.165) is 31.9 Å². The Morgan fingerprint density at radius 1 is 1.43 bits per heavy atom. The lowest BCUT2D eigenvalue weighted by Gasteiger charge is -2.44. The van der Waals surface area contributed by atoms with E-state index in [9.17, 15) is 4.79 Å². The number of rotatable bonds is 3.